The van der Waals surface area contributed by atoms with Crippen LogP contribution >= 0.6 is 0 Å². The first-order valence-electron chi connectivity index (χ1n) is 6.36. The number of hydrogen-bond donors (Lipinski definition) is 5. The summed E-state index contributed by atoms with van der Waals surface area (Å²) in [6.45, 7) is 0. The van der Waals surface area contributed by atoms with Gasteiger partial charge in [0.2, 0.25) is 11.8 Å². The van der Waals surface area contributed by atoms with E-state index >= 15 is 0 Å². The number of hydrogen-bond acceptors (Lipinski definition) is 5. The van der Waals surface area contributed by atoms with Gasteiger partial charge in [-0.05, 0) is 0 Å². The quantitative estimate of drug-likeness (QED) is 0.407. The molecule has 0 fully saturated rings. The van der Waals surface area contributed by atoms with Crippen LogP contribution in [0.2, 0.25) is 0 Å². The molecule has 2 aromatic rings. The minimum Gasteiger partial charge on any atom is -0.368 e. The third-order valence-electron chi connectivity index (χ3n) is 2.97. The Morgan fingerprint density at radius 2 is 1.71 bits per heavy atom. The number of H-pyrrole nitrogens is 2. The van der Waals surface area contributed by atoms with Gasteiger partial charge in [0, 0.05) is 36.6 Å². The highest BCUT2D eigenvalue weighted by molar-refractivity contribution is 5.89. The van der Waals surface area contributed by atoms with Crippen LogP contribution in [0.5, 0.6) is 0 Å². The van der Waals surface area contributed by atoms with Gasteiger partial charge in [-0.2, -0.15) is 0 Å². The number of nitrogens with two attached hydrogens (primary N) is 2. The van der Waals surface area contributed by atoms with Crippen molar-refractivity contribution >= 4 is 11.8 Å². The van der Waals surface area contributed by atoms with Gasteiger partial charge in [-0.3, -0.25) is 9.59 Å². The Labute approximate surface area is 120 Å². The lowest BCUT2D eigenvalue weighted by molar-refractivity contribution is -0.128. The highest BCUT2D eigenvalue weighted by Gasteiger charge is 2.23. The molecule has 0 saturated heterocycles. The van der Waals surface area contributed by atoms with Gasteiger partial charge in [0.15, 0.2) is 0 Å². The van der Waals surface area contributed by atoms with Gasteiger partial charge in [-0.15, -0.1) is 0 Å². The molecule has 7 N–H and O–H groups in total. The molecule has 0 aliphatic heterocycles. The molecule has 0 aliphatic carbocycles. The van der Waals surface area contributed by atoms with Crippen molar-refractivity contribution in [3.63, 3.8) is 0 Å². The van der Waals surface area contributed by atoms with E-state index in [9.17, 15) is 9.59 Å². The predicted octanol–water partition coefficient (Wildman–Crippen LogP) is -1.78. The number of carbonyl (C=O) groups excluding carboxylic acids is 2. The molecule has 0 unspecified atom stereocenters. The summed E-state index contributed by atoms with van der Waals surface area (Å²) in [6, 6.07) is -1.64. The van der Waals surface area contributed by atoms with Gasteiger partial charge in [0.05, 0.1) is 18.7 Å². The first-order chi connectivity index (χ1) is 10.1. The number of primary amides is 1. The van der Waals surface area contributed by atoms with E-state index in [-0.39, 0.29) is 6.42 Å². The second kappa shape index (κ2) is 6.66. The molecule has 112 valence electrons. The molecule has 2 aromatic heterocycles. The fourth-order valence-corrected chi connectivity index (χ4v) is 1.84. The monoisotopic (exact) mass is 291 g/mol. The molecule has 0 aliphatic rings. The van der Waals surface area contributed by atoms with Crippen LogP contribution < -0.4 is 16.8 Å². The lowest BCUT2D eigenvalue weighted by Crippen LogP contribution is -2.52. The molecule has 2 heterocycles. The first-order valence-corrected chi connectivity index (χ1v) is 6.36. The SMILES string of the molecule is NC(=O)[C@@H](Cc1cnc[nH]1)NC(=O)[C@@H](N)Cc1cnc[nH]1. The van der Waals surface area contributed by atoms with Crippen LogP contribution in [0.4, 0.5) is 0 Å². The van der Waals surface area contributed by atoms with Crippen LogP contribution in [-0.4, -0.2) is 43.8 Å². The third kappa shape index (κ3) is 4.14. The Hall–Kier alpha value is -2.68. The maximum atomic E-state index is 12.0. The number of rotatable bonds is 7. The maximum absolute atomic E-state index is 12.0. The molecule has 9 heteroatoms. The van der Waals surface area contributed by atoms with Crippen LogP contribution in [0.15, 0.2) is 25.0 Å². The zero-order valence-corrected chi connectivity index (χ0v) is 11.2. The van der Waals surface area contributed by atoms with Crippen LogP contribution in [0.3, 0.4) is 0 Å². The van der Waals surface area contributed by atoms with Crippen LogP contribution in [-0.2, 0) is 22.4 Å². The minimum absolute atomic E-state index is 0.234. The Kier molecular flexibility index (Phi) is 4.67. The zero-order valence-electron chi connectivity index (χ0n) is 11.2. The summed E-state index contributed by atoms with van der Waals surface area (Å²) < 4.78 is 0. The summed E-state index contributed by atoms with van der Waals surface area (Å²) in [6.07, 6.45) is 6.67. The summed E-state index contributed by atoms with van der Waals surface area (Å²) in [7, 11) is 0. The summed E-state index contributed by atoms with van der Waals surface area (Å²) in [4.78, 5) is 36.8. The van der Waals surface area contributed by atoms with Gasteiger partial charge in [0.25, 0.3) is 0 Å². The Morgan fingerprint density at radius 1 is 1.14 bits per heavy atom. The van der Waals surface area contributed by atoms with E-state index in [1.807, 2.05) is 0 Å². The van der Waals surface area contributed by atoms with Crippen molar-refractivity contribution in [2.24, 2.45) is 11.5 Å². The number of carbonyl (C=O) groups is 2. The van der Waals surface area contributed by atoms with Crippen molar-refractivity contribution in [2.75, 3.05) is 0 Å². The molecule has 0 bridgehead atoms. The van der Waals surface area contributed by atoms with Crippen molar-refractivity contribution in [2.45, 2.75) is 24.9 Å². The standard InChI is InChI=1S/C12H17N7O2/c13-9(1-7-3-15-5-17-7)12(21)19-10(11(14)20)2-8-4-16-6-18-8/h3-6,9-10H,1-2,13H2,(H2,14,20)(H,15,17)(H,16,18)(H,19,21)/t9-,10+/m0/s1. The van der Waals surface area contributed by atoms with Crippen molar-refractivity contribution < 1.29 is 9.59 Å². The summed E-state index contributed by atoms with van der Waals surface area (Å²) in [5.74, 6) is -1.08. The van der Waals surface area contributed by atoms with E-state index in [2.05, 4.69) is 25.3 Å². The van der Waals surface area contributed by atoms with Crippen LogP contribution in [0, 0.1) is 0 Å². The highest BCUT2D eigenvalue weighted by atomic mass is 16.2. The number of nitrogens with one attached hydrogen (secondary N) is 3. The van der Waals surface area contributed by atoms with Gasteiger partial charge in [-0.1, -0.05) is 0 Å². The van der Waals surface area contributed by atoms with E-state index in [0.717, 1.165) is 5.69 Å². The summed E-state index contributed by atoms with van der Waals surface area (Å²) >= 11 is 0. The second-order valence-electron chi connectivity index (χ2n) is 4.63. The van der Waals surface area contributed by atoms with E-state index in [1.165, 1.54) is 12.7 Å². The van der Waals surface area contributed by atoms with E-state index < -0.39 is 23.9 Å². The zero-order chi connectivity index (χ0) is 15.2. The topological polar surface area (TPSA) is 156 Å². The van der Waals surface area contributed by atoms with Crippen molar-refractivity contribution in [1.29, 1.82) is 0 Å². The van der Waals surface area contributed by atoms with E-state index in [4.69, 9.17) is 11.5 Å². The maximum Gasteiger partial charge on any atom is 0.240 e. The molecular weight excluding hydrogens is 274 g/mol. The largest absolute Gasteiger partial charge is 0.368 e. The number of imidazole rings is 2. The van der Waals surface area contributed by atoms with Gasteiger partial charge in [0.1, 0.15) is 6.04 Å². The molecule has 21 heavy (non-hydrogen) atoms. The van der Waals surface area contributed by atoms with Gasteiger partial charge >= 0.3 is 0 Å². The minimum atomic E-state index is -0.842. The Balaban J connectivity index is 1.92. The molecule has 9 nitrogen and oxygen atoms in total. The van der Waals surface area contributed by atoms with Crippen molar-refractivity contribution in [3.8, 4) is 0 Å². The smallest absolute Gasteiger partial charge is 0.240 e. The van der Waals surface area contributed by atoms with Crippen molar-refractivity contribution in [1.82, 2.24) is 25.3 Å². The molecule has 0 aromatic carbocycles. The Bertz CT molecular complexity index is 579. The van der Waals surface area contributed by atoms with Crippen molar-refractivity contribution in [3.05, 3.63) is 36.4 Å². The first kappa shape index (κ1) is 14.7. The van der Waals surface area contributed by atoms with Gasteiger partial charge in [-0.25, -0.2) is 9.97 Å². The van der Waals surface area contributed by atoms with Crippen LogP contribution in [0.1, 0.15) is 11.4 Å². The lowest BCUT2D eigenvalue weighted by Gasteiger charge is -2.17. The molecule has 0 saturated carbocycles. The molecule has 2 rings (SSSR count). The third-order valence-corrected chi connectivity index (χ3v) is 2.97. The highest BCUT2D eigenvalue weighted by Crippen LogP contribution is 2.01. The average molecular weight is 291 g/mol. The molecule has 0 radical (unpaired) electrons. The molecule has 2 amide bonds. The fraction of sp³-hybridized carbons (Fsp3) is 0.333. The number of amides is 2. The molecule has 0 spiro atoms. The van der Waals surface area contributed by atoms with E-state index in [1.54, 1.807) is 12.4 Å². The number of nitrogens with zero attached hydrogens (tertiary/aromatic N) is 2. The lowest BCUT2D eigenvalue weighted by atomic mass is 10.1. The fourth-order valence-electron chi connectivity index (χ4n) is 1.84. The number of aromatic amines is 2. The van der Waals surface area contributed by atoms with Crippen LogP contribution in [0.25, 0.3) is 0 Å². The molecule has 2 atom stereocenters. The second-order valence-corrected chi connectivity index (χ2v) is 4.63. The Morgan fingerprint density at radius 3 is 2.19 bits per heavy atom. The molecular formula is C12H17N7O2. The number of aromatic nitrogens is 4. The summed E-state index contributed by atoms with van der Waals surface area (Å²) in [5.41, 5.74) is 12.5. The van der Waals surface area contributed by atoms with Gasteiger partial charge < -0.3 is 26.8 Å². The average Bonchev–Trinajstić information content (AvgIpc) is 3.10. The summed E-state index contributed by atoms with van der Waals surface area (Å²) in [5, 5.41) is 2.55. The van der Waals surface area contributed by atoms with E-state index in [0.29, 0.717) is 12.1 Å². The predicted molar refractivity (Wildman–Crippen MR) is 73.7 cm³/mol. The normalized spacial score (nSPS) is 13.6.